The molecule has 1 atom stereocenters. The molecule has 1 aliphatic carbocycles. The van der Waals surface area contributed by atoms with Crippen molar-refractivity contribution in [2.24, 2.45) is 0 Å². The van der Waals surface area contributed by atoms with Gasteiger partial charge in [0.15, 0.2) is 0 Å². The normalized spacial score (nSPS) is 16.9. The Labute approximate surface area is 122 Å². The van der Waals surface area contributed by atoms with Crippen LogP contribution in [0.2, 0.25) is 0 Å². The number of aromatic hydroxyl groups is 1. The van der Waals surface area contributed by atoms with Crippen LogP contribution in [0.3, 0.4) is 0 Å². The Balaban J connectivity index is 1.66. The van der Waals surface area contributed by atoms with Crippen LogP contribution in [0.4, 0.5) is 5.69 Å². The number of nitrogens with zero attached hydrogens (tertiary/aromatic N) is 2. The smallest absolute Gasteiger partial charge is 0.119 e. The molecule has 0 saturated heterocycles. The van der Waals surface area contributed by atoms with Crippen molar-refractivity contribution < 1.29 is 5.11 Å². The maximum absolute atomic E-state index is 9.91. The van der Waals surface area contributed by atoms with E-state index in [9.17, 15) is 5.11 Å². The lowest BCUT2D eigenvalue weighted by molar-refractivity contribution is 0.469. The van der Waals surface area contributed by atoms with E-state index in [-0.39, 0.29) is 6.04 Å². The number of anilines is 1. The molecule has 21 heavy (non-hydrogen) atoms. The van der Waals surface area contributed by atoms with E-state index < -0.39 is 0 Å². The molecule has 0 radical (unpaired) electrons. The zero-order valence-electron chi connectivity index (χ0n) is 11.5. The zero-order chi connectivity index (χ0) is 14.2. The summed E-state index contributed by atoms with van der Waals surface area (Å²) in [6, 6.07) is 12.0. The largest absolute Gasteiger partial charge is 0.508 e. The third kappa shape index (κ3) is 2.09. The van der Waals surface area contributed by atoms with E-state index in [0.717, 1.165) is 35.1 Å². The molecular formula is C17H15N3O. The van der Waals surface area contributed by atoms with Crippen LogP contribution >= 0.6 is 0 Å². The van der Waals surface area contributed by atoms with E-state index in [1.807, 2.05) is 24.3 Å². The summed E-state index contributed by atoms with van der Waals surface area (Å²) >= 11 is 0. The van der Waals surface area contributed by atoms with Crippen LogP contribution in [0.5, 0.6) is 5.75 Å². The van der Waals surface area contributed by atoms with E-state index in [1.54, 1.807) is 18.5 Å². The standard InChI is InChI=1S/C17H15N3O/c21-17-3-1-2-12-13(17)5-7-14(12)20-11-4-6-15-16(10-11)19-9-8-18-15/h1-4,6,8-10,14,20-21H,5,7H2. The van der Waals surface area contributed by atoms with Crippen LogP contribution in [0.25, 0.3) is 11.0 Å². The molecule has 0 saturated carbocycles. The number of phenols is 1. The van der Waals surface area contributed by atoms with E-state index in [2.05, 4.69) is 21.4 Å². The van der Waals surface area contributed by atoms with Crippen molar-refractivity contribution in [3.05, 3.63) is 59.9 Å². The van der Waals surface area contributed by atoms with Gasteiger partial charge < -0.3 is 10.4 Å². The average Bonchev–Trinajstić information content (AvgIpc) is 2.92. The quantitative estimate of drug-likeness (QED) is 0.753. The Morgan fingerprint density at radius 2 is 1.90 bits per heavy atom. The van der Waals surface area contributed by atoms with Crippen molar-refractivity contribution >= 4 is 16.7 Å². The minimum atomic E-state index is 0.237. The third-order valence-corrected chi connectivity index (χ3v) is 4.06. The van der Waals surface area contributed by atoms with Gasteiger partial charge in [-0.1, -0.05) is 12.1 Å². The fraction of sp³-hybridized carbons (Fsp3) is 0.176. The van der Waals surface area contributed by atoms with Gasteiger partial charge in [-0.05, 0) is 48.2 Å². The fourth-order valence-electron chi connectivity index (χ4n) is 3.04. The summed E-state index contributed by atoms with van der Waals surface area (Å²) in [6.45, 7) is 0. The molecular weight excluding hydrogens is 262 g/mol. The van der Waals surface area contributed by atoms with Crippen LogP contribution in [0.1, 0.15) is 23.6 Å². The Kier molecular flexibility index (Phi) is 2.74. The van der Waals surface area contributed by atoms with Crippen molar-refractivity contribution in [2.45, 2.75) is 18.9 Å². The van der Waals surface area contributed by atoms with E-state index in [1.165, 1.54) is 5.56 Å². The molecule has 1 heterocycles. The minimum absolute atomic E-state index is 0.237. The predicted molar refractivity (Wildman–Crippen MR) is 82.3 cm³/mol. The van der Waals surface area contributed by atoms with Gasteiger partial charge in [-0.2, -0.15) is 0 Å². The summed E-state index contributed by atoms with van der Waals surface area (Å²) in [5.74, 6) is 0.404. The fourth-order valence-corrected chi connectivity index (χ4v) is 3.04. The molecule has 0 fully saturated rings. The lowest BCUT2D eigenvalue weighted by atomic mass is 10.1. The molecule has 4 nitrogen and oxygen atoms in total. The molecule has 1 aliphatic rings. The highest BCUT2D eigenvalue weighted by Crippen LogP contribution is 2.38. The van der Waals surface area contributed by atoms with E-state index in [0.29, 0.717) is 5.75 Å². The number of rotatable bonds is 2. The maximum atomic E-state index is 9.91. The molecule has 2 N–H and O–H groups in total. The summed E-state index contributed by atoms with van der Waals surface area (Å²) in [7, 11) is 0. The van der Waals surface area contributed by atoms with Gasteiger partial charge in [-0.15, -0.1) is 0 Å². The highest BCUT2D eigenvalue weighted by atomic mass is 16.3. The molecule has 2 aromatic carbocycles. The Hall–Kier alpha value is -2.62. The summed E-state index contributed by atoms with van der Waals surface area (Å²) in [5, 5.41) is 13.4. The number of nitrogens with one attached hydrogen (secondary N) is 1. The van der Waals surface area contributed by atoms with Gasteiger partial charge in [0.1, 0.15) is 5.75 Å². The van der Waals surface area contributed by atoms with Crippen LogP contribution in [-0.2, 0) is 6.42 Å². The summed E-state index contributed by atoms with van der Waals surface area (Å²) in [6.07, 6.45) is 5.30. The molecule has 0 spiro atoms. The average molecular weight is 277 g/mol. The molecule has 4 heteroatoms. The van der Waals surface area contributed by atoms with Gasteiger partial charge in [-0.3, -0.25) is 9.97 Å². The number of hydrogen-bond donors (Lipinski definition) is 2. The second-order valence-electron chi connectivity index (χ2n) is 5.34. The van der Waals surface area contributed by atoms with Crippen LogP contribution in [0.15, 0.2) is 48.8 Å². The highest BCUT2D eigenvalue weighted by molar-refractivity contribution is 5.78. The van der Waals surface area contributed by atoms with Gasteiger partial charge in [0, 0.05) is 18.1 Å². The van der Waals surface area contributed by atoms with Gasteiger partial charge >= 0.3 is 0 Å². The van der Waals surface area contributed by atoms with E-state index >= 15 is 0 Å². The molecule has 0 amide bonds. The second kappa shape index (κ2) is 4.74. The lowest BCUT2D eigenvalue weighted by Gasteiger charge is -2.16. The summed E-state index contributed by atoms with van der Waals surface area (Å²) < 4.78 is 0. The van der Waals surface area contributed by atoms with Crippen molar-refractivity contribution in [3.8, 4) is 5.75 Å². The van der Waals surface area contributed by atoms with Gasteiger partial charge in [0.25, 0.3) is 0 Å². The highest BCUT2D eigenvalue weighted by Gasteiger charge is 2.24. The Bertz CT molecular complexity index is 816. The molecule has 0 aliphatic heterocycles. The predicted octanol–water partition coefficient (Wildman–Crippen LogP) is 3.43. The van der Waals surface area contributed by atoms with Crippen LogP contribution in [0, 0.1) is 0 Å². The second-order valence-corrected chi connectivity index (χ2v) is 5.34. The molecule has 3 aromatic rings. The van der Waals surface area contributed by atoms with Crippen LogP contribution < -0.4 is 5.32 Å². The minimum Gasteiger partial charge on any atom is -0.508 e. The van der Waals surface area contributed by atoms with Gasteiger partial charge in [-0.25, -0.2) is 0 Å². The Morgan fingerprint density at radius 3 is 2.81 bits per heavy atom. The molecule has 0 bridgehead atoms. The number of benzene rings is 2. The molecule has 4 rings (SSSR count). The monoisotopic (exact) mass is 277 g/mol. The van der Waals surface area contributed by atoms with Gasteiger partial charge in [0.05, 0.1) is 17.1 Å². The first-order valence-corrected chi connectivity index (χ1v) is 7.09. The molecule has 1 aromatic heterocycles. The van der Waals surface area contributed by atoms with E-state index in [4.69, 9.17) is 0 Å². The van der Waals surface area contributed by atoms with Crippen LogP contribution in [-0.4, -0.2) is 15.1 Å². The molecule has 104 valence electrons. The number of phenolic OH excluding ortho intramolecular Hbond substituents is 1. The third-order valence-electron chi connectivity index (χ3n) is 4.06. The van der Waals surface area contributed by atoms with Crippen molar-refractivity contribution in [2.75, 3.05) is 5.32 Å². The van der Waals surface area contributed by atoms with Crippen molar-refractivity contribution in [3.63, 3.8) is 0 Å². The lowest BCUT2D eigenvalue weighted by Crippen LogP contribution is -2.07. The summed E-state index contributed by atoms with van der Waals surface area (Å²) in [4.78, 5) is 8.61. The number of hydrogen-bond acceptors (Lipinski definition) is 4. The number of aromatic nitrogens is 2. The first kappa shape index (κ1) is 12.1. The first-order valence-electron chi connectivity index (χ1n) is 7.09. The van der Waals surface area contributed by atoms with Crippen molar-refractivity contribution in [1.29, 1.82) is 0 Å². The SMILES string of the molecule is Oc1cccc2c1CCC2Nc1ccc2nccnc2c1. The Morgan fingerprint density at radius 1 is 1.05 bits per heavy atom. The maximum Gasteiger partial charge on any atom is 0.119 e. The number of fused-ring (bicyclic) bond motifs is 2. The molecule has 1 unspecified atom stereocenters. The topological polar surface area (TPSA) is 58.0 Å². The summed E-state index contributed by atoms with van der Waals surface area (Å²) in [5.41, 5.74) is 5.07. The van der Waals surface area contributed by atoms with Crippen molar-refractivity contribution in [1.82, 2.24) is 9.97 Å². The van der Waals surface area contributed by atoms with Gasteiger partial charge in [0.2, 0.25) is 0 Å². The zero-order valence-corrected chi connectivity index (χ0v) is 11.5. The first-order chi connectivity index (χ1) is 10.3.